The Hall–Kier alpha value is -1.05. The number of hydrogen-bond acceptors (Lipinski definition) is 5. The second-order valence-corrected chi connectivity index (χ2v) is 6.90. The quantitative estimate of drug-likeness (QED) is 0.827. The van der Waals surface area contributed by atoms with E-state index >= 15 is 0 Å². The number of aryl methyl sites for hydroxylation is 1. The fraction of sp³-hybridized carbons (Fsp3) is 0.417. The number of amides is 1. The Bertz CT molecular complexity index is 584. The highest BCUT2D eigenvalue weighted by Crippen LogP contribution is 2.22. The van der Waals surface area contributed by atoms with Gasteiger partial charge in [0.25, 0.3) is 0 Å². The van der Waals surface area contributed by atoms with Gasteiger partial charge in [-0.15, -0.1) is 16.4 Å². The van der Waals surface area contributed by atoms with Gasteiger partial charge in [-0.05, 0) is 12.1 Å². The molecule has 1 N–H and O–H groups in total. The molecular weight excluding hydrogens is 316 g/mol. The van der Waals surface area contributed by atoms with E-state index in [1.165, 1.54) is 23.1 Å². The fourth-order valence-corrected chi connectivity index (χ4v) is 3.39. The van der Waals surface area contributed by atoms with Crippen molar-refractivity contribution in [1.82, 2.24) is 20.1 Å². The van der Waals surface area contributed by atoms with Gasteiger partial charge in [-0.25, -0.2) is 4.98 Å². The third-order valence-corrected chi connectivity index (χ3v) is 4.67. The van der Waals surface area contributed by atoms with Crippen molar-refractivity contribution in [3.05, 3.63) is 27.2 Å². The minimum absolute atomic E-state index is 0.0439. The molecule has 2 aromatic rings. The monoisotopic (exact) mass is 330 g/mol. The van der Waals surface area contributed by atoms with Crippen molar-refractivity contribution in [2.24, 2.45) is 0 Å². The summed E-state index contributed by atoms with van der Waals surface area (Å²) >= 11 is 8.70. The van der Waals surface area contributed by atoms with E-state index in [9.17, 15) is 4.79 Å². The minimum Gasteiger partial charge on any atom is -0.340 e. The number of carbonyl (C=O) groups excluding carboxylic acids is 1. The average Bonchev–Trinajstić information content (AvgIpc) is 3.04. The van der Waals surface area contributed by atoms with Crippen LogP contribution in [-0.4, -0.2) is 38.8 Å². The van der Waals surface area contributed by atoms with Crippen LogP contribution in [0.25, 0.3) is 0 Å². The molecule has 1 amide bonds. The van der Waals surface area contributed by atoms with Crippen LogP contribution in [0.4, 0.5) is 0 Å². The lowest BCUT2D eigenvalue weighted by Gasteiger charge is -2.15. The van der Waals surface area contributed by atoms with E-state index in [1.54, 1.807) is 11.9 Å². The zero-order valence-corrected chi connectivity index (χ0v) is 13.6. The van der Waals surface area contributed by atoms with Gasteiger partial charge >= 0.3 is 0 Å². The summed E-state index contributed by atoms with van der Waals surface area (Å²) in [4.78, 5) is 19.0. The molecule has 0 aromatic carbocycles. The van der Waals surface area contributed by atoms with E-state index in [0.717, 1.165) is 21.5 Å². The van der Waals surface area contributed by atoms with Crippen molar-refractivity contribution in [3.63, 3.8) is 0 Å². The first-order chi connectivity index (χ1) is 9.58. The molecule has 0 saturated heterocycles. The van der Waals surface area contributed by atoms with Crippen LogP contribution >= 0.6 is 34.7 Å². The maximum Gasteiger partial charge on any atom is 0.233 e. The summed E-state index contributed by atoms with van der Waals surface area (Å²) in [6, 6.07) is 3.78. The number of nitrogens with one attached hydrogen (secondary N) is 1. The van der Waals surface area contributed by atoms with Gasteiger partial charge in [0, 0.05) is 18.3 Å². The van der Waals surface area contributed by atoms with E-state index in [4.69, 9.17) is 11.6 Å². The summed E-state index contributed by atoms with van der Waals surface area (Å²) in [6.45, 7) is 2.57. The van der Waals surface area contributed by atoms with Crippen molar-refractivity contribution in [3.8, 4) is 0 Å². The molecule has 2 rings (SSSR count). The Labute approximate surface area is 130 Å². The van der Waals surface area contributed by atoms with Gasteiger partial charge in [0.15, 0.2) is 0 Å². The maximum atomic E-state index is 12.0. The normalized spacial score (nSPS) is 10.8. The van der Waals surface area contributed by atoms with E-state index in [-0.39, 0.29) is 5.91 Å². The molecule has 0 aliphatic heterocycles. The molecule has 108 valence electrons. The lowest BCUT2D eigenvalue weighted by atomic mass is 10.4. The number of nitrogens with zero attached hydrogens (tertiary/aromatic N) is 3. The molecule has 2 aromatic heterocycles. The summed E-state index contributed by atoms with van der Waals surface area (Å²) in [5.74, 6) is 1.21. The molecule has 0 aliphatic rings. The molecule has 5 nitrogen and oxygen atoms in total. The Morgan fingerprint density at radius 1 is 1.55 bits per heavy atom. The van der Waals surface area contributed by atoms with Crippen LogP contribution in [0.1, 0.15) is 17.6 Å². The molecule has 0 fully saturated rings. The molecule has 2 heterocycles. The van der Waals surface area contributed by atoms with Gasteiger partial charge in [-0.2, -0.15) is 0 Å². The second-order valence-electron chi connectivity index (χ2n) is 4.16. The van der Waals surface area contributed by atoms with Gasteiger partial charge in [0.1, 0.15) is 5.82 Å². The summed E-state index contributed by atoms with van der Waals surface area (Å²) in [5.41, 5.74) is 0. The van der Waals surface area contributed by atoms with Crippen molar-refractivity contribution < 1.29 is 4.79 Å². The third kappa shape index (κ3) is 4.22. The standard InChI is InChI=1S/C12H15ClN4OS2/c1-3-10-14-12(16-15-10)19-7-11(18)17(2)6-8-4-5-9(13)20-8/h4-5H,3,6-7H2,1-2H3,(H,14,15,16). The van der Waals surface area contributed by atoms with Crippen molar-refractivity contribution >= 4 is 40.6 Å². The Kier molecular flexibility index (Phi) is 5.45. The first kappa shape index (κ1) is 15.3. The van der Waals surface area contributed by atoms with Crippen molar-refractivity contribution in [2.75, 3.05) is 12.8 Å². The van der Waals surface area contributed by atoms with Crippen LogP contribution in [0.2, 0.25) is 4.34 Å². The Balaban J connectivity index is 1.81. The number of H-pyrrole nitrogens is 1. The van der Waals surface area contributed by atoms with E-state index in [1.807, 2.05) is 19.1 Å². The summed E-state index contributed by atoms with van der Waals surface area (Å²) in [7, 11) is 1.78. The van der Waals surface area contributed by atoms with Crippen molar-refractivity contribution in [1.29, 1.82) is 0 Å². The summed E-state index contributed by atoms with van der Waals surface area (Å²) < 4.78 is 0.739. The number of thioether (sulfide) groups is 1. The number of halogens is 1. The number of hydrogen-bond donors (Lipinski definition) is 1. The fourth-order valence-electron chi connectivity index (χ4n) is 1.50. The Morgan fingerprint density at radius 2 is 2.35 bits per heavy atom. The first-order valence-electron chi connectivity index (χ1n) is 6.10. The highest BCUT2D eigenvalue weighted by Gasteiger charge is 2.12. The molecule has 0 atom stereocenters. The van der Waals surface area contributed by atoms with Gasteiger partial charge in [0.2, 0.25) is 11.1 Å². The third-order valence-electron chi connectivity index (χ3n) is 2.62. The highest BCUT2D eigenvalue weighted by molar-refractivity contribution is 7.99. The topological polar surface area (TPSA) is 61.9 Å². The van der Waals surface area contributed by atoms with E-state index in [0.29, 0.717) is 17.5 Å². The molecule has 0 spiro atoms. The Morgan fingerprint density at radius 3 is 2.95 bits per heavy atom. The van der Waals surface area contributed by atoms with Gasteiger partial charge in [-0.1, -0.05) is 30.3 Å². The van der Waals surface area contributed by atoms with E-state index in [2.05, 4.69) is 15.2 Å². The second kappa shape index (κ2) is 7.10. The number of aromatic nitrogens is 3. The molecule has 8 heteroatoms. The zero-order valence-electron chi connectivity index (χ0n) is 11.2. The van der Waals surface area contributed by atoms with E-state index < -0.39 is 0 Å². The van der Waals surface area contributed by atoms with Crippen LogP contribution in [-0.2, 0) is 17.8 Å². The van der Waals surface area contributed by atoms with Crippen LogP contribution in [0, 0.1) is 0 Å². The highest BCUT2D eigenvalue weighted by atomic mass is 35.5. The molecule has 0 saturated carbocycles. The average molecular weight is 331 g/mol. The summed E-state index contributed by atoms with van der Waals surface area (Å²) in [6.07, 6.45) is 0.806. The molecule has 0 radical (unpaired) electrons. The predicted octanol–water partition coefficient (Wildman–Crippen LogP) is 2.83. The molecule has 20 heavy (non-hydrogen) atoms. The lowest BCUT2D eigenvalue weighted by molar-refractivity contribution is -0.127. The van der Waals surface area contributed by atoms with Gasteiger partial charge in [-0.3, -0.25) is 9.89 Å². The molecule has 0 aliphatic carbocycles. The van der Waals surface area contributed by atoms with Crippen LogP contribution in [0.15, 0.2) is 17.3 Å². The molecule has 0 bridgehead atoms. The number of carbonyl (C=O) groups is 1. The number of thiophene rings is 1. The first-order valence-corrected chi connectivity index (χ1v) is 8.28. The maximum absolute atomic E-state index is 12.0. The number of rotatable bonds is 6. The molecular formula is C12H15ClN4OS2. The van der Waals surface area contributed by atoms with Crippen LogP contribution in [0.3, 0.4) is 0 Å². The SMILES string of the molecule is CCc1nc(SCC(=O)N(C)Cc2ccc(Cl)s2)n[nH]1. The minimum atomic E-state index is 0.0439. The van der Waals surface area contributed by atoms with Gasteiger partial charge in [0.05, 0.1) is 16.6 Å². The lowest BCUT2D eigenvalue weighted by Crippen LogP contribution is -2.27. The predicted molar refractivity (Wildman–Crippen MR) is 82.3 cm³/mol. The smallest absolute Gasteiger partial charge is 0.233 e. The van der Waals surface area contributed by atoms with Gasteiger partial charge < -0.3 is 4.90 Å². The summed E-state index contributed by atoms with van der Waals surface area (Å²) in [5, 5.41) is 7.49. The van der Waals surface area contributed by atoms with Crippen molar-refractivity contribution in [2.45, 2.75) is 25.0 Å². The number of aromatic amines is 1. The molecule has 0 unspecified atom stereocenters. The zero-order chi connectivity index (χ0) is 14.5. The largest absolute Gasteiger partial charge is 0.340 e. The van der Waals surface area contributed by atoms with Crippen LogP contribution in [0.5, 0.6) is 0 Å². The van der Waals surface area contributed by atoms with Crippen LogP contribution < -0.4 is 0 Å².